The maximum absolute atomic E-state index is 11.8. The summed E-state index contributed by atoms with van der Waals surface area (Å²) in [4.78, 5) is 21.8. The lowest BCUT2D eigenvalue weighted by atomic mass is 10.3. The molecule has 1 heterocycles. The molecule has 0 aliphatic heterocycles. The number of nitrogens with zero attached hydrogens (tertiary/aromatic N) is 3. The van der Waals surface area contributed by atoms with Crippen LogP contribution in [0.25, 0.3) is 0 Å². The van der Waals surface area contributed by atoms with Gasteiger partial charge in [0.05, 0.1) is 11.5 Å². The van der Waals surface area contributed by atoms with Gasteiger partial charge in [-0.05, 0) is 19.1 Å². The molecule has 0 saturated carbocycles. The quantitative estimate of drug-likeness (QED) is 0.476. The van der Waals surface area contributed by atoms with E-state index in [-0.39, 0.29) is 23.7 Å². The molecule has 1 aromatic heterocycles. The zero-order valence-corrected chi connectivity index (χ0v) is 11.5. The number of ether oxygens (including phenoxy) is 2. The Morgan fingerprint density at radius 1 is 1.38 bits per heavy atom. The summed E-state index contributed by atoms with van der Waals surface area (Å²) in [5, 5.41) is 14.6. The minimum absolute atomic E-state index is 0.0472. The molecule has 8 nitrogen and oxygen atoms in total. The van der Waals surface area contributed by atoms with Crippen LogP contribution in [-0.2, 0) is 11.8 Å². The normalized spacial score (nSPS) is 10.2. The molecule has 110 valence electrons. The molecule has 0 saturated heterocycles. The Labute approximate surface area is 120 Å². The monoisotopic (exact) mass is 291 g/mol. The Bertz CT molecular complexity index is 663. The number of benzene rings is 1. The Morgan fingerprint density at radius 2 is 2.05 bits per heavy atom. The summed E-state index contributed by atoms with van der Waals surface area (Å²) in [6.45, 7) is 1.94. The number of carbonyl (C=O) groups is 1. The van der Waals surface area contributed by atoms with Gasteiger partial charge in [-0.25, -0.2) is 4.79 Å². The van der Waals surface area contributed by atoms with Crippen LogP contribution in [0.5, 0.6) is 11.6 Å². The van der Waals surface area contributed by atoms with Crippen LogP contribution in [0.15, 0.2) is 30.5 Å². The third-order valence-corrected chi connectivity index (χ3v) is 2.55. The standard InChI is InChI=1S/C13H13N3O5/c1-3-20-13(17)11-8-15(2)14-12(11)21-10-6-4-9(5-7-10)16(18)19/h4-8H,3H2,1-2H3. The number of hydrogen-bond acceptors (Lipinski definition) is 6. The highest BCUT2D eigenvalue weighted by Gasteiger charge is 2.19. The first kappa shape index (κ1) is 14.5. The summed E-state index contributed by atoms with van der Waals surface area (Å²) in [6, 6.07) is 5.48. The number of esters is 1. The van der Waals surface area contributed by atoms with Gasteiger partial charge in [0, 0.05) is 25.4 Å². The number of non-ortho nitro benzene ring substituents is 1. The van der Waals surface area contributed by atoms with Crippen molar-refractivity contribution in [1.29, 1.82) is 0 Å². The fraction of sp³-hybridized carbons (Fsp3) is 0.231. The maximum Gasteiger partial charge on any atom is 0.345 e. The van der Waals surface area contributed by atoms with Gasteiger partial charge in [-0.1, -0.05) is 0 Å². The lowest BCUT2D eigenvalue weighted by Crippen LogP contribution is -2.05. The highest BCUT2D eigenvalue weighted by atomic mass is 16.6. The van der Waals surface area contributed by atoms with Gasteiger partial charge >= 0.3 is 5.97 Å². The largest absolute Gasteiger partial charge is 0.462 e. The molecule has 8 heteroatoms. The lowest BCUT2D eigenvalue weighted by molar-refractivity contribution is -0.384. The van der Waals surface area contributed by atoms with Crippen molar-refractivity contribution in [3.8, 4) is 11.6 Å². The Kier molecular flexibility index (Phi) is 4.17. The van der Waals surface area contributed by atoms with Gasteiger partial charge in [0.15, 0.2) is 0 Å². The second-order valence-electron chi connectivity index (χ2n) is 4.10. The van der Waals surface area contributed by atoms with Gasteiger partial charge in [0.1, 0.15) is 11.3 Å². The highest BCUT2D eigenvalue weighted by molar-refractivity contribution is 5.91. The third kappa shape index (κ3) is 3.35. The first-order valence-corrected chi connectivity index (χ1v) is 6.14. The van der Waals surface area contributed by atoms with E-state index in [0.717, 1.165) is 0 Å². The molecule has 0 unspecified atom stereocenters. The first-order valence-electron chi connectivity index (χ1n) is 6.14. The zero-order valence-electron chi connectivity index (χ0n) is 11.5. The lowest BCUT2D eigenvalue weighted by Gasteiger charge is -2.04. The molecule has 0 radical (unpaired) electrons. The number of aromatic nitrogens is 2. The fourth-order valence-corrected chi connectivity index (χ4v) is 1.64. The van der Waals surface area contributed by atoms with Crippen molar-refractivity contribution < 1.29 is 19.2 Å². The molecule has 0 fully saturated rings. The van der Waals surface area contributed by atoms with E-state index < -0.39 is 10.9 Å². The minimum Gasteiger partial charge on any atom is -0.462 e. The van der Waals surface area contributed by atoms with Crippen molar-refractivity contribution in [3.63, 3.8) is 0 Å². The van der Waals surface area contributed by atoms with Gasteiger partial charge in [-0.15, -0.1) is 5.10 Å². The van der Waals surface area contributed by atoms with Gasteiger partial charge in [0.2, 0.25) is 0 Å². The van der Waals surface area contributed by atoms with E-state index in [0.29, 0.717) is 5.75 Å². The highest BCUT2D eigenvalue weighted by Crippen LogP contribution is 2.25. The smallest absolute Gasteiger partial charge is 0.345 e. The van der Waals surface area contributed by atoms with Crippen molar-refractivity contribution in [3.05, 3.63) is 46.1 Å². The molecular weight excluding hydrogens is 278 g/mol. The van der Waals surface area contributed by atoms with Crippen LogP contribution in [0, 0.1) is 10.1 Å². The fourth-order valence-electron chi connectivity index (χ4n) is 1.64. The number of nitro benzene ring substituents is 1. The second kappa shape index (κ2) is 6.04. The summed E-state index contributed by atoms with van der Waals surface area (Å²) in [7, 11) is 1.64. The Hall–Kier alpha value is -2.90. The SMILES string of the molecule is CCOC(=O)c1cn(C)nc1Oc1ccc([N+](=O)[O-])cc1. The van der Waals surface area contributed by atoms with Crippen LogP contribution < -0.4 is 4.74 Å². The number of rotatable bonds is 5. The van der Waals surface area contributed by atoms with Crippen LogP contribution in [-0.4, -0.2) is 27.3 Å². The molecule has 0 aliphatic rings. The predicted octanol–water partition coefficient (Wildman–Crippen LogP) is 2.30. The van der Waals surface area contributed by atoms with E-state index in [1.165, 1.54) is 35.1 Å². The number of nitro groups is 1. The van der Waals surface area contributed by atoms with Crippen molar-refractivity contribution >= 4 is 11.7 Å². The Balaban J connectivity index is 2.23. The van der Waals surface area contributed by atoms with Gasteiger partial charge in [0.25, 0.3) is 11.6 Å². The molecule has 1 aromatic carbocycles. The molecule has 2 aromatic rings. The first-order chi connectivity index (χ1) is 10.0. The molecule has 21 heavy (non-hydrogen) atoms. The molecule has 2 rings (SSSR count). The summed E-state index contributed by atoms with van der Waals surface area (Å²) in [6.07, 6.45) is 1.48. The van der Waals surface area contributed by atoms with E-state index in [1.54, 1.807) is 14.0 Å². The summed E-state index contributed by atoms with van der Waals surface area (Å²) in [5.74, 6) is -0.114. The van der Waals surface area contributed by atoms with E-state index in [9.17, 15) is 14.9 Å². The topological polar surface area (TPSA) is 96.5 Å². The zero-order chi connectivity index (χ0) is 15.4. The van der Waals surface area contributed by atoms with Gasteiger partial charge in [-0.2, -0.15) is 0 Å². The molecule has 0 amide bonds. The molecular formula is C13H13N3O5. The molecule has 0 aliphatic carbocycles. The average Bonchev–Trinajstić information content (AvgIpc) is 2.80. The number of hydrogen-bond donors (Lipinski definition) is 0. The van der Waals surface area contributed by atoms with E-state index in [2.05, 4.69) is 5.10 Å². The predicted molar refractivity (Wildman–Crippen MR) is 72.3 cm³/mol. The summed E-state index contributed by atoms with van der Waals surface area (Å²) in [5.41, 5.74) is 0.145. The van der Waals surface area contributed by atoms with Crippen LogP contribution in [0.4, 0.5) is 5.69 Å². The summed E-state index contributed by atoms with van der Waals surface area (Å²) < 4.78 is 11.8. The van der Waals surface area contributed by atoms with Crippen molar-refractivity contribution in [2.24, 2.45) is 7.05 Å². The number of aryl methyl sites for hydroxylation is 1. The van der Waals surface area contributed by atoms with Crippen LogP contribution in [0.2, 0.25) is 0 Å². The number of carbonyl (C=O) groups excluding carboxylic acids is 1. The second-order valence-corrected chi connectivity index (χ2v) is 4.10. The van der Waals surface area contributed by atoms with Gasteiger partial charge in [-0.3, -0.25) is 14.8 Å². The van der Waals surface area contributed by atoms with E-state index in [1.807, 2.05) is 0 Å². The van der Waals surface area contributed by atoms with Crippen molar-refractivity contribution in [1.82, 2.24) is 9.78 Å². The van der Waals surface area contributed by atoms with E-state index >= 15 is 0 Å². The molecule has 0 bridgehead atoms. The van der Waals surface area contributed by atoms with Crippen molar-refractivity contribution in [2.75, 3.05) is 6.61 Å². The van der Waals surface area contributed by atoms with Crippen LogP contribution in [0.3, 0.4) is 0 Å². The molecule has 0 N–H and O–H groups in total. The van der Waals surface area contributed by atoms with E-state index in [4.69, 9.17) is 9.47 Å². The average molecular weight is 291 g/mol. The van der Waals surface area contributed by atoms with Crippen LogP contribution in [0.1, 0.15) is 17.3 Å². The van der Waals surface area contributed by atoms with Gasteiger partial charge < -0.3 is 9.47 Å². The molecule has 0 spiro atoms. The minimum atomic E-state index is -0.539. The maximum atomic E-state index is 11.8. The Morgan fingerprint density at radius 3 is 2.62 bits per heavy atom. The van der Waals surface area contributed by atoms with Crippen LogP contribution >= 0.6 is 0 Å². The third-order valence-electron chi connectivity index (χ3n) is 2.55. The van der Waals surface area contributed by atoms with Crippen molar-refractivity contribution in [2.45, 2.75) is 6.92 Å². The summed E-state index contributed by atoms with van der Waals surface area (Å²) >= 11 is 0. The molecule has 0 atom stereocenters.